The van der Waals surface area contributed by atoms with Crippen molar-refractivity contribution in [3.8, 4) is 5.75 Å². The first-order valence-corrected chi connectivity index (χ1v) is 9.09. The minimum Gasteiger partial charge on any atom is -0.484 e. The number of rotatable bonds is 4. The second-order valence-corrected chi connectivity index (χ2v) is 7.33. The highest BCUT2D eigenvalue weighted by Gasteiger charge is 2.30. The Hall–Kier alpha value is -0.840. The van der Waals surface area contributed by atoms with Crippen molar-refractivity contribution in [3.05, 3.63) is 50.1 Å². The van der Waals surface area contributed by atoms with Gasteiger partial charge in [0.25, 0.3) is 0 Å². The molecular formula is C17H20BrNOS. The van der Waals surface area contributed by atoms with Gasteiger partial charge in [-0.25, -0.2) is 0 Å². The Bertz CT molecular complexity index is 625. The van der Waals surface area contributed by atoms with E-state index in [4.69, 9.17) is 4.74 Å². The van der Waals surface area contributed by atoms with Crippen molar-refractivity contribution in [2.75, 3.05) is 6.54 Å². The second kappa shape index (κ2) is 6.51. The summed E-state index contributed by atoms with van der Waals surface area (Å²) >= 11 is 5.40. The van der Waals surface area contributed by atoms with Crippen LogP contribution in [-0.4, -0.2) is 6.54 Å². The van der Waals surface area contributed by atoms with Crippen LogP contribution in [0, 0.1) is 6.92 Å². The molecule has 2 atom stereocenters. The van der Waals surface area contributed by atoms with E-state index in [1.165, 1.54) is 16.0 Å². The van der Waals surface area contributed by atoms with E-state index >= 15 is 0 Å². The average molecular weight is 366 g/mol. The average Bonchev–Trinajstić information content (AvgIpc) is 2.91. The van der Waals surface area contributed by atoms with Crippen LogP contribution >= 0.6 is 27.3 Å². The third-order valence-corrected chi connectivity index (χ3v) is 5.80. The SMILES string of the molecule is CCCNC1CC(c2sccc2Br)Oc2ccc(C)cc21. The maximum absolute atomic E-state index is 6.26. The first-order chi connectivity index (χ1) is 10.2. The molecule has 0 amide bonds. The molecule has 0 fully saturated rings. The summed E-state index contributed by atoms with van der Waals surface area (Å²) in [7, 11) is 0. The van der Waals surface area contributed by atoms with E-state index in [1.54, 1.807) is 11.3 Å². The fraction of sp³-hybridized carbons (Fsp3) is 0.412. The van der Waals surface area contributed by atoms with E-state index < -0.39 is 0 Å². The minimum absolute atomic E-state index is 0.129. The lowest BCUT2D eigenvalue weighted by molar-refractivity contribution is 0.154. The largest absolute Gasteiger partial charge is 0.484 e. The number of thiophene rings is 1. The molecule has 2 heterocycles. The zero-order valence-electron chi connectivity index (χ0n) is 12.4. The summed E-state index contributed by atoms with van der Waals surface area (Å²) < 4.78 is 7.42. The molecule has 112 valence electrons. The van der Waals surface area contributed by atoms with Crippen molar-refractivity contribution < 1.29 is 4.74 Å². The number of benzene rings is 1. The number of halogens is 1. The summed E-state index contributed by atoms with van der Waals surface area (Å²) in [5, 5.41) is 5.79. The van der Waals surface area contributed by atoms with Crippen LogP contribution < -0.4 is 10.1 Å². The van der Waals surface area contributed by atoms with E-state index in [9.17, 15) is 0 Å². The molecule has 1 aromatic carbocycles. The van der Waals surface area contributed by atoms with Crippen molar-refractivity contribution in [2.24, 2.45) is 0 Å². The van der Waals surface area contributed by atoms with Crippen molar-refractivity contribution >= 4 is 27.3 Å². The van der Waals surface area contributed by atoms with Gasteiger partial charge in [0.1, 0.15) is 11.9 Å². The quantitative estimate of drug-likeness (QED) is 0.784. The first-order valence-electron chi connectivity index (χ1n) is 7.42. The van der Waals surface area contributed by atoms with Crippen LogP contribution in [0.2, 0.25) is 0 Å². The zero-order chi connectivity index (χ0) is 14.8. The van der Waals surface area contributed by atoms with Gasteiger partial charge in [0.05, 0.1) is 4.88 Å². The van der Waals surface area contributed by atoms with Gasteiger partial charge in [0.2, 0.25) is 0 Å². The Kier molecular flexibility index (Phi) is 4.67. The second-order valence-electron chi connectivity index (χ2n) is 5.52. The Balaban J connectivity index is 1.92. The van der Waals surface area contributed by atoms with E-state index in [1.807, 2.05) is 0 Å². The minimum atomic E-state index is 0.129. The van der Waals surface area contributed by atoms with Gasteiger partial charge in [-0.3, -0.25) is 0 Å². The number of ether oxygens (including phenoxy) is 1. The van der Waals surface area contributed by atoms with Gasteiger partial charge in [0.15, 0.2) is 0 Å². The van der Waals surface area contributed by atoms with E-state index in [2.05, 4.69) is 64.7 Å². The topological polar surface area (TPSA) is 21.3 Å². The van der Waals surface area contributed by atoms with E-state index in [0.29, 0.717) is 6.04 Å². The molecule has 0 radical (unpaired) electrons. The van der Waals surface area contributed by atoms with Crippen LogP contribution in [-0.2, 0) is 0 Å². The van der Waals surface area contributed by atoms with Crippen LogP contribution in [0.25, 0.3) is 0 Å². The molecular weight excluding hydrogens is 346 g/mol. The molecule has 3 rings (SSSR count). The Morgan fingerprint density at radius 3 is 2.95 bits per heavy atom. The molecule has 4 heteroatoms. The fourth-order valence-corrected chi connectivity index (χ4v) is 4.47. The molecule has 1 aliphatic rings. The Labute approximate surface area is 138 Å². The lowest BCUT2D eigenvalue weighted by Crippen LogP contribution is -2.29. The summed E-state index contributed by atoms with van der Waals surface area (Å²) in [5.41, 5.74) is 2.59. The Morgan fingerprint density at radius 2 is 2.24 bits per heavy atom. The molecule has 0 bridgehead atoms. The molecule has 1 aliphatic heterocycles. The molecule has 0 spiro atoms. The predicted octanol–water partition coefficient (Wildman–Crippen LogP) is 5.38. The molecule has 2 unspecified atom stereocenters. The van der Waals surface area contributed by atoms with Crippen LogP contribution in [0.1, 0.15) is 47.9 Å². The third kappa shape index (κ3) is 3.17. The molecule has 1 N–H and O–H groups in total. The Morgan fingerprint density at radius 1 is 1.38 bits per heavy atom. The van der Waals surface area contributed by atoms with Gasteiger partial charge >= 0.3 is 0 Å². The van der Waals surface area contributed by atoms with Gasteiger partial charge in [0, 0.05) is 22.5 Å². The van der Waals surface area contributed by atoms with Crippen LogP contribution in [0.4, 0.5) is 0 Å². The summed E-state index contributed by atoms with van der Waals surface area (Å²) in [6, 6.07) is 8.96. The third-order valence-electron chi connectivity index (χ3n) is 3.84. The van der Waals surface area contributed by atoms with Gasteiger partial charge in [-0.2, -0.15) is 0 Å². The highest BCUT2D eigenvalue weighted by atomic mass is 79.9. The van der Waals surface area contributed by atoms with Crippen LogP contribution in [0.15, 0.2) is 34.1 Å². The summed E-state index contributed by atoms with van der Waals surface area (Å²) in [6.45, 7) is 5.38. The van der Waals surface area contributed by atoms with Gasteiger partial charge in [-0.1, -0.05) is 24.6 Å². The van der Waals surface area contributed by atoms with Crippen molar-refractivity contribution in [1.29, 1.82) is 0 Å². The lowest BCUT2D eigenvalue weighted by atomic mass is 9.94. The summed E-state index contributed by atoms with van der Waals surface area (Å²) in [4.78, 5) is 1.28. The number of fused-ring (bicyclic) bond motifs is 1. The molecule has 2 nitrogen and oxygen atoms in total. The highest BCUT2D eigenvalue weighted by molar-refractivity contribution is 9.10. The molecule has 21 heavy (non-hydrogen) atoms. The number of aryl methyl sites for hydroxylation is 1. The van der Waals surface area contributed by atoms with Crippen molar-refractivity contribution in [1.82, 2.24) is 5.32 Å². The van der Waals surface area contributed by atoms with E-state index in [0.717, 1.165) is 29.6 Å². The number of hydrogen-bond donors (Lipinski definition) is 1. The number of nitrogens with one attached hydrogen (secondary N) is 1. The van der Waals surface area contributed by atoms with Gasteiger partial charge < -0.3 is 10.1 Å². The van der Waals surface area contributed by atoms with Gasteiger partial charge in [-0.05, 0) is 53.3 Å². The predicted molar refractivity (Wildman–Crippen MR) is 92.2 cm³/mol. The highest BCUT2D eigenvalue weighted by Crippen LogP contribution is 2.44. The summed E-state index contributed by atoms with van der Waals surface area (Å²) in [5.74, 6) is 1.02. The van der Waals surface area contributed by atoms with Crippen molar-refractivity contribution in [2.45, 2.75) is 38.8 Å². The maximum atomic E-state index is 6.26. The van der Waals surface area contributed by atoms with Crippen molar-refractivity contribution in [3.63, 3.8) is 0 Å². The zero-order valence-corrected chi connectivity index (χ0v) is 14.8. The van der Waals surface area contributed by atoms with Gasteiger partial charge in [-0.15, -0.1) is 11.3 Å². The number of hydrogen-bond acceptors (Lipinski definition) is 3. The maximum Gasteiger partial charge on any atom is 0.136 e. The smallest absolute Gasteiger partial charge is 0.136 e. The first kappa shape index (κ1) is 15.1. The fourth-order valence-electron chi connectivity index (χ4n) is 2.80. The molecule has 0 aliphatic carbocycles. The van der Waals surface area contributed by atoms with E-state index in [-0.39, 0.29) is 6.10 Å². The van der Waals surface area contributed by atoms with Crippen LogP contribution in [0.3, 0.4) is 0 Å². The lowest BCUT2D eigenvalue weighted by Gasteiger charge is -2.33. The normalized spacial score (nSPS) is 20.9. The monoisotopic (exact) mass is 365 g/mol. The standard InChI is InChI=1S/C17H20BrNOS/c1-3-7-19-14-10-16(17-13(18)6-8-21-17)20-15-5-4-11(2)9-12(14)15/h4-6,8-9,14,16,19H,3,7,10H2,1-2H3. The molecule has 2 aromatic rings. The van der Waals surface area contributed by atoms with Crippen LogP contribution in [0.5, 0.6) is 5.75 Å². The molecule has 1 aromatic heterocycles. The molecule has 0 saturated carbocycles. The summed E-state index contributed by atoms with van der Waals surface area (Å²) in [6.07, 6.45) is 2.26. The molecule has 0 saturated heterocycles.